The molecule has 0 aliphatic carbocycles. The Morgan fingerprint density at radius 2 is 1.93 bits per heavy atom. The average molecular weight is 398 g/mol. The van der Waals surface area contributed by atoms with Crippen LogP contribution in [-0.2, 0) is 0 Å². The molecule has 1 aromatic carbocycles. The van der Waals surface area contributed by atoms with Gasteiger partial charge in [0.15, 0.2) is 0 Å². The molecule has 0 bridgehead atoms. The molecular weight excluding hydrogens is 375 g/mol. The molecule has 1 amide bonds. The summed E-state index contributed by atoms with van der Waals surface area (Å²) in [5, 5.41) is 9.95. The lowest BCUT2D eigenvalue weighted by atomic mass is 10.1. The minimum atomic E-state index is -0.654. The highest BCUT2D eigenvalue weighted by Crippen LogP contribution is 2.20. The number of hydrogen-bond acceptors (Lipinski definition) is 5. The maximum atomic E-state index is 14.3. The van der Waals surface area contributed by atoms with Gasteiger partial charge in [-0.05, 0) is 57.8 Å². The number of nitrogens with zero attached hydrogens (tertiary/aromatic N) is 5. The van der Waals surface area contributed by atoms with Crippen molar-refractivity contribution in [2.75, 3.05) is 26.0 Å². The number of benzene rings is 1. The van der Waals surface area contributed by atoms with Gasteiger partial charge in [0.05, 0.1) is 11.4 Å². The molecule has 0 fully saturated rings. The molecule has 3 aromatic rings. The number of hydrogen-bond donors (Lipinski definition) is 1. The van der Waals surface area contributed by atoms with Gasteiger partial charge in [-0.25, -0.2) is 4.39 Å². The number of rotatable bonds is 6. The Balaban J connectivity index is 1.94. The molecule has 1 unspecified atom stereocenters. The Hall–Kier alpha value is -3.33. The summed E-state index contributed by atoms with van der Waals surface area (Å²) in [7, 11) is 3.82. The highest BCUT2D eigenvalue weighted by Gasteiger charge is 2.20. The van der Waals surface area contributed by atoms with Crippen LogP contribution in [0.25, 0.3) is 5.69 Å². The number of amides is 1. The molecule has 152 valence electrons. The first-order valence-corrected chi connectivity index (χ1v) is 9.10. The van der Waals surface area contributed by atoms with Crippen LogP contribution in [0.1, 0.15) is 28.9 Å². The lowest BCUT2D eigenvalue weighted by molar-refractivity contribution is 0.102. The van der Waals surface area contributed by atoms with Gasteiger partial charge < -0.3 is 14.8 Å². The van der Waals surface area contributed by atoms with Crippen LogP contribution in [0.2, 0.25) is 0 Å². The van der Waals surface area contributed by atoms with E-state index < -0.39 is 17.3 Å². The number of anilines is 1. The standard InChI is InChI=1S/C20H23FN6O2/c1-13-7-8-27(14(2)10-25(3)4)20(29)18(13)19(28)24-17-9-15(5-6-16(17)21)26-11-22-23-12-26/h5-9,11-12,14H,10H2,1-4H3,(H,24,28). The summed E-state index contributed by atoms with van der Waals surface area (Å²) in [5.74, 6) is -1.26. The van der Waals surface area contributed by atoms with Crippen LogP contribution in [-0.4, -0.2) is 50.8 Å². The van der Waals surface area contributed by atoms with Crippen molar-refractivity contribution in [3.63, 3.8) is 0 Å². The summed E-state index contributed by atoms with van der Waals surface area (Å²) < 4.78 is 17.4. The van der Waals surface area contributed by atoms with E-state index in [0.29, 0.717) is 17.8 Å². The second kappa shape index (κ2) is 8.36. The summed E-state index contributed by atoms with van der Waals surface area (Å²) in [6, 6.07) is 5.82. The molecule has 29 heavy (non-hydrogen) atoms. The van der Waals surface area contributed by atoms with E-state index in [1.165, 1.54) is 35.4 Å². The molecule has 0 aliphatic heterocycles. The SMILES string of the molecule is Cc1ccn(C(C)CN(C)C)c(=O)c1C(=O)Nc1cc(-n2cnnc2)ccc1F. The zero-order valence-electron chi connectivity index (χ0n) is 16.8. The van der Waals surface area contributed by atoms with E-state index in [1.807, 2.05) is 25.9 Å². The van der Waals surface area contributed by atoms with E-state index in [0.717, 1.165) is 0 Å². The van der Waals surface area contributed by atoms with Gasteiger partial charge in [0.2, 0.25) is 0 Å². The fourth-order valence-electron chi connectivity index (χ4n) is 3.17. The Kier molecular flexibility index (Phi) is 5.88. The smallest absolute Gasteiger partial charge is 0.263 e. The van der Waals surface area contributed by atoms with E-state index in [4.69, 9.17) is 0 Å². The highest BCUT2D eigenvalue weighted by molar-refractivity contribution is 6.05. The van der Waals surface area contributed by atoms with Crippen LogP contribution < -0.4 is 10.9 Å². The second-order valence-electron chi connectivity index (χ2n) is 7.18. The van der Waals surface area contributed by atoms with Crippen LogP contribution in [0.15, 0.2) is 47.9 Å². The molecule has 2 heterocycles. The molecule has 0 radical (unpaired) electrons. The second-order valence-corrected chi connectivity index (χ2v) is 7.18. The normalized spacial score (nSPS) is 12.2. The molecule has 0 spiro atoms. The topological polar surface area (TPSA) is 85.0 Å². The number of carbonyl (C=O) groups excluding carboxylic acids is 1. The van der Waals surface area contributed by atoms with Gasteiger partial charge in [0, 0.05) is 18.8 Å². The molecule has 3 rings (SSSR count). The Morgan fingerprint density at radius 1 is 1.24 bits per heavy atom. The fourth-order valence-corrected chi connectivity index (χ4v) is 3.17. The predicted molar refractivity (Wildman–Crippen MR) is 108 cm³/mol. The summed E-state index contributed by atoms with van der Waals surface area (Å²) in [6.07, 6.45) is 4.60. The van der Waals surface area contributed by atoms with Gasteiger partial charge in [-0.2, -0.15) is 0 Å². The van der Waals surface area contributed by atoms with E-state index >= 15 is 0 Å². The Morgan fingerprint density at radius 3 is 2.59 bits per heavy atom. The van der Waals surface area contributed by atoms with Crippen LogP contribution >= 0.6 is 0 Å². The molecule has 9 heteroatoms. The van der Waals surface area contributed by atoms with Gasteiger partial charge in [-0.3, -0.25) is 14.2 Å². The van der Waals surface area contributed by atoms with Crippen LogP contribution in [0.4, 0.5) is 10.1 Å². The summed E-state index contributed by atoms with van der Waals surface area (Å²) in [4.78, 5) is 27.8. The predicted octanol–water partition coefficient (Wildman–Crippen LogP) is 2.25. The lowest BCUT2D eigenvalue weighted by Crippen LogP contribution is -2.34. The molecule has 0 saturated heterocycles. The zero-order valence-corrected chi connectivity index (χ0v) is 16.8. The monoisotopic (exact) mass is 398 g/mol. The van der Waals surface area contributed by atoms with Crippen molar-refractivity contribution in [3.05, 3.63) is 70.4 Å². The Labute approximate surface area is 167 Å². The first kappa shape index (κ1) is 20.4. The molecular formula is C20H23FN6O2. The lowest BCUT2D eigenvalue weighted by Gasteiger charge is -2.20. The van der Waals surface area contributed by atoms with Crippen molar-refractivity contribution in [1.82, 2.24) is 24.2 Å². The first-order chi connectivity index (χ1) is 13.8. The van der Waals surface area contributed by atoms with Crippen molar-refractivity contribution in [2.24, 2.45) is 0 Å². The molecule has 1 atom stereocenters. The third-order valence-corrected chi connectivity index (χ3v) is 4.57. The largest absolute Gasteiger partial charge is 0.319 e. The molecule has 0 aliphatic rings. The van der Waals surface area contributed by atoms with E-state index in [-0.39, 0.29) is 17.3 Å². The zero-order chi connectivity index (χ0) is 21.1. The first-order valence-electron chi connectivity index (χ1n) is 9.10. The van der Waals surface area contributed by atoms with E-state index in [9.17, 15) is 14.0 Å². The van der Waals surface area contributed by atoms with Crippen molar-refractivity contribution >= 4 is 11.6 Å². The third kappa shape index (κ3) is 4.40. The van der Waals surface area contributed by atoms with Crippen LogP contribution in [0.5, 0.6) is 0 Å². The number of aryl methyl sites for hydroxylation is 1. The minimum absolute atomic E-state index is 0.00722. The number of aromatic nitrogens is 4. The van der Waals surface area contributed by atoms with Gasteiger partial charge in [0.1, 0.15) is 24.0 Å². The summed E-state index contributed by atoms with van der Waals surface area (Å²) >= 11 is 0. The van der Waals surface area contributed by atoms with Crippen molar-refractivity contribution in [1.29, 1.82) is 0 Å². The number of halogens is 1. The average Bonchev–Trinajstić information content (AvgIpc) is 3.17. The van der Waals surface area contributed by atoms with Crippen molar-refractivity contribution in [3.8, 4) is 5.69 Å². The van der Waals surface area contributed by atoms with E-state index in [2.05, 4.69) is 15.5 Å². The fraction of sp³-hybridized carbons (Fsp3) is 0.300. The Bertz CT molecular complexity index is 1080. The van der Waals surface area contributed by atoms with Crippen molar-refractivity contribution < 1.29 is 9.18 Å². The minimum Gasteiger partial charge on any atom is -0.319 e. The summed E-state index contributed by atoms with van der Waals surface area (Å²) in [5.41, 5.74) is 0.654. The number of nitrogens with one attached hydrogen (secondary N) is 1. The van der Waals surface area contributed by atoms with Gasteiger partial charge in [0.25, 0.3) is 11.5 Å². The molecule has 8 nitrogen and oxygen atoms in total. The van der Waals surface area contributed by atoms with E-state index in [1.54, 1.807) is 23.8 Å². The number of likely N-dealkylation sites (N-methyl/N-ethyl adjacent to an activating group) is 1. The third-order valence-electron chi connectivity index (χ3n) is 4.57. The number of carbonyl (C=O) groups is 1. The van der Waals surface area contributed by atoms with Gasteiger partial charge >= 0.3 is 0 Å². The molecule has 2 aromatic heterocycles. The summed E-state index contributed by atoms with van der Waals surface area (Å²) in [6.45, 7) is 4.22. The maximum Gasteiger partial charge on any atom is 0.263 e. The quantitative estimate of drug-likeness (QED) is 0.688. The van der Waals surface area contributed by atoms with Crippen molar-refractivity contribution in [2.45, 2.75) is 19.9 Å². The van der Waals surface area contributed by atoms with Gasteiger partial charge in [-0.15, -0.1) is 10.2 Å². The maximum absolute atomic E-state index is 14.3. The molecule has 1 N–H and O–H groups in total. The van der Waals surface area contributed by atoms with Crippen LogP contribution in [0, 0.1) is 12.7 Å². The van der Waals surface area contributed by atoms with Crippen LogP contribution in [0.3, 0.4) is 0 Å². The number of pyridine rings is 1. The highest BCUT2D eigenvalue weighted by atomic mass is 19.1. The van der Waals surface area contributed by atoms with Gasteiger partial charge in [-0.1, -0.05) is 0 Å². The molecule has 0 saturated carbocycles.